The van der Waals surface area contributed by atoms with Crippen molar-refractivity contribution in [1.29, 1.82) is 0 Å². The molecule has 0 saturated carbocycles. The molecule has 3 aromatic rings. The minimum Gasteiger partial charge on any atom is -0.455 e. The van der Waals surface area contributed by atoms with Crippen molar-refractivity contribution in [2.24, 2.45) is 0 Å². The number of amides is 1. The van der Waals surface area contributed by atoms with Crippen molar-refractivity contribution in [3.8, 4) is 0 Å². The molecule has 1 aromatic heterocycles. The molecule has 144 valence electrons. The van der Waals surface area contributed by atoms with Gasteiger partial charge in [0.1, 0.15) is 0 Å². The molecular formula is C20H18ClN3O4. The van der Waals surface area contributed by atoms with Crippen LogP contribution >= 0.6 is 11.6 Å². The molecule has 0 saturated heterocycles. The second kappa shape index (κ2) is 8.67. The minimum absolute atomic E-state index is 0.147. The number of halogens is 1. The van der Waals surface area contributed by atoms with Crippen LogP contribution in [0.4, 0.5) is 0 Å². The number of ether oxygens (including phenoxy) is 1. The van der Waals surface area contributed by atoms with E-state index in [0.717, 1.165) is 5.56 Å². The van der Waals surface area contributed by atoms with Gasteiger partial charge in [-0.3, -0.25) is 14.4 Å². The number of aromatic amines is 1. The molecule has 0 aliphatic carbocycles. The molecule has 2 aromatic carbocycles. The first-order chi connectivity index (χ1) is 13.4. The first-order valence-corrected chi connectivity index (χ1v) is 8.92. The predicted molar refractivity (Wildman–Crippen MR) is 105 cm³/mol. The number of nitrogens with one attached hydrogen (secondary N) is 1. The van der Waals surface area contributed by atoms with Crippen LogP contribution in [0.5, 0.6) is 0 Å². The molecule has 28 heavy (non-hydrogen) atoms. The maximum Gasteiger partial charge on any atom is 0.312 e. The third-order valence-electron chi connectivity index (χ3n) is 4.20. The maximum atomic E-state index is 12.2. The fraction of sp³-hybridized carbons (Fsp3) is 0.200. The third-order valence-corrected chi connectivity index (χ3v) is 4.45. The standard InChI is InChI=1S/C20H18ClN3O4/c1-24(11-13-6-8-14(21)9-7-13)18(25)12-28-19(26)10-17-15-4-2-3-5-16(15)20(27)23-22-17/h2-9H,10-12H2,1H3,(H,23,27). The molecule has 7 nitrogen and oxygen atoms in total. The van der Waals surface area contributed by atoms with Gasteiger partial charge in [0.2, 0.25) is 0 Å². The minimum atomic E-state index is -0.599. The Labute approximate surface area is 165 Å². The molecule has 1 heterocycles. The molecule has 0 fully saturated rings. The van der Waals surface area contributed by atoms with E-state index in [0.29, 0.717) is 28.0 Å². The molecule has 0 aliphatic heterocycles. The van der Waals surface area contributed by atoms with Gasteiger partial charge >= 0.3 is 5.97 Å². The van der Waals surface area contributed by atoms with Crippen LogP contribution in [0.15, 0.2) is 53.3 Å². The smallest absolute Gasteiger partial charge is 0.312 e. The van der Waals surface area contributed by atoms with Crippen LogP contribution in [0, 0.1) is 0 Å². The summed E-state index contributed by atoms with van der Waals surface area (Å²) in [5.74, 6) is -0.930. The van der Waals surface area contributed by atoms with Crippen LogP contribution in [-0.4, -0.2) is 40.6 Å². The fourth-order valence-corrected chi connectivity index (χ4v) is 2.82. The molecule has 8 heteroatoms. The van der Waals surface area contributed by atoms with E-state index in [1.807, 2.05) is 12.1 Å². The van der Waals surface area contributed by atoms with Crippen molar-refractivity contribution in [1.82, 2.24) is 15.1 Å². The zero-order valence-corrected chi connectivity index (χ0v) is 15.9. The highest BCUT2D eigenvalue weighted by atomic mass is 35.5. The van der Waals surface area contributed by atoms with E-state index in [1.165, 1.54) is 4.90 Å². The number of benzene rings is 2. The molecular weight excluding hydrogens is 382 g/mol. The van der Waals surface area contributed by atoms with Crippen LogP contribution in [0.2, 0.25) is 5.02 Å². The lowest BCUT2D eigenvalue weighted by atomic mass is 10.1. The molecule has 1 amide bonds. The number of hydrogen-bond acceptors (Lipinski definition) is 5. The van der Waals surface area contributed by atoms with Gasteiger partial charge in [0.25, 0.3) is 11.5 Å². The van der Waals surface area contributed by atoms with E-state index in [9.17, 15) is 14.4 Å². The quantitative estimate of drug-likeness (QED) is 0.642. The molecule has 0 unspecified atom stereocenters. The van der Waals surface area contributed by atoms with Gasteiger partial charge in [0, 0.05) is 24.0 Å². The Morgan fingerprint density at radius 2 is 1.79 bits per heavy atom. The Morgan fingerprint density at radius 3 is 2.50 bits per heavy atom. The van der Waals surface area contributed by atoms with Gasteiger partial charge in [-0.05, 0) is 23.8 Å². The first kappa shape index (κ1) is 19.6. The normalized spacial score (nSPS) is 10.6. The van der Waals surface area contributed by atoms with E-state index >= 15 is 0 Å². The van der Waals surface area contributed by atoms with Crippen LogP contribution in [0.25, 0.3) is 10.8 Å². The van der Waals surface area contributed by atoms with Gasteiger partial charge in [-0.15, -0.1) is 0 Å². The van der Waals surface area contributed by atoms with Crippen molar-refractivity contribution in [3.05, 3.63) is 75.2 Å². The predicted octanol–water partition coefficient (Wildman–Crippen LogP) is 2.32. The number of nitrogens with zero attached hydrogens (tertiary/aromatic N) is 2. The van der Waals surface area contributed by atoms with Crippen LogP contribution in [-0.2, 0) is 27.3 Å². The van der Waals surface area contributed by atoms with Crippen molar-refractivity contribution in [3.63, 3.8) is 0 Å². The van der Waals surface area contributed by atoms with Crippen molar-refractivity contribution < 1.29 is 14.3 Å². The summed E-state index contributed by atoms with van der Waals surface area (Å²) in [6.45, 7) is 0.00385. The first-order valence-electron chi connectivity index (χ1n) is 8.54. The number of rotatable bonds is 6. The number of likely N-dealkylation sites (N-methyl/N-ethyl adjacent to an activating group) is 1. The van der Waals surface area contributed by atoms with Crippen LogP contribution < -0.4 is 5.56 Å². The monoisotopic (exact) mass is 399 g/mol. The summed E-state index contributed by atoms with van der Waals surface area (Å²) < 4.78 is 5.08. The summed E-state index contributed by atoms with van der Waals surface area (Å²) in [6, 6.07) is 14.0. The van der Waals surface area contributed by atoms with E-state index in [4.69, 9.17) is 16.3 Å². The van der Waals surface area contributed by atoms with Gasteiger partial charge in [0.05, 0.1) is 17.5 Å². The second-order valence-corrected chi connectivity index (χ2v) is 6.70. The number of carbonyl (C=O) groups excluding carboxylic acids is 2. The van der Waals surface area contributed by atoms with Gasteiger partial charge in [-0.2, -0.15) is 5.10 Å². The van der Waals surface area contributed by atoms with E-state index < -0.39 is 5.97 Å². The average Bonchev–Trinajstić information content (AvgIpc) is 2.70. The van der Waals surface area contributed by atoms with Crippen molar-refractivity contribution >= 4 is 34.2 Å². The lowest BCUT2D eigenvalue weighted by Crippen LogP contribution is -2.31. The van der Waals surface area contributed by atoms with Crippen molar-refractivity contribution in [2.45, 2.75) is 13.0 Å². The second-order valence-electron chi connectivity index (χ2n) is 6.26. The van der Waals surface area contributed by atoms with Gasteiger partial charge in [-0.1, -0.05) is 41.9 Å². The summed E-state index contributed by atoms with van der Waals surface area (Å²) >= 11 is 5.84. The zero-order chi connectivity index (χ0) is 20.1. The number of esters is 1. The van der Waals surface area contributed by atoms with Crippen molar-refractivity contribution in [2.75, 3.05) is 13.7 Å². The summed E-state index contributed by atoms with van der Waals surface area (Å²) in [5, 5.41) is 7.93. The Hall–Kier alpha value is -3.19. The third kappa shape index (κ3) is 4.75. The summed E-state index contributed by atoms with van der Waals surface area (Å²) in [6.07, 6.45) is -0.147. The summed E-state index contributed by atoms with van der Waals surface area (Å²) in [4.78, 5) is 37.6. The van der Waals surface area contributed by atoms with E-state index in [1.54, 1.807) is 43.4 Å². The highest BCUT2D eigenvalue weighted by Gasteiger charge is 2.15. The molecule has 3 rings (SSSR count). The van der Waals surface area contributed by atoms with Gasteiger partial charge in [-0.25, -0.2) is 5.10 Å². The Morgan fingerprint density at radius 1 is 1.11 bits per heavy atom. The molecule has 0 bridgehead atoms. The van der Waals surface area contributed by atoms with E-state index in [2.05, 4.69) is 10.2 Å². The Kier molecular flexibility index (Phi) is 6.06. The van der Waals surface area contributed by atoms with Gasteiger partial charge in [0.15, 0.2) is 6.61 Å². The summed E-state index contributed by atoms with van der Waals surface area (Å²) in [5.41, 5.74) is 0.976. The lowest BCUT2D eigenvalue weighted by Gasteiger charge is -2.17. The topological polar surface area (TPSA) is 92.4 Å². The van der Waals surface area contributed by atoms with Gasteiger partial charge < -0.3 is 9.64 Å². The molecule has 0 aliphatic rings. The number of fused-ring (bicyclic) bond motifs is 1. The fourth-order valence-electron chi connectivity index (χ4n) is 2.70. The number of H-pyrrole nitrogens is 1. The van der Waals surface area contributed by atoms with Crippen LogP contribution in [0.1, 0.15) is 11.3 Å². The lowest BCUT2D eigenvalue weighted by molar-refractivity contribution is -0.151. The molecule has 1 N–H and O–H groups in total. The number of aromatic nitrogens is 2. The number of hydrogen-bond donors (Lipinski definition) is 1. The maximum absolute atomic E-state index is 12.2. The zero-order valence-electron chi connectivity index (χ0n) is 15.1. The Balaban J connectivity index is 1.57. The largest absolute Gasteiger partial charge is 0.455 e. The Bertz CT molecular complexity index is 1060. The highest BCUT2D eigenvalue weighted by molar-refractivity contribution is 6.30. The molecule has 0 atom stereocenters. The molecule has 0 spiro atoms. The van der Waals surface area contributed by atoms with E-state index in [-0.39, 0.29) is 24.5 Å². The average molecular weight is 400 g/mol. The summed E-state index contributed by atoms with van der Waals surface area (Å²) in [7, 11) is 1.63. The molecule has 0 radical (unpaired) electrons. The highest BCUT2D eigenvalue weighted by Crippen LogP contribution is 2.13. The SMILES string of the molecule is CN(Cc1ccc(Cl)cc1)C(=O)COC(=O)Cc1n[nH]c(=O)c2ccccc12. The van der Waals surface area contributed by atoms with Crippen LogP contribution in [0.3, 0.4) is 0 Å². The number of carbonyl (C=O) groups is 2.